The monoisotopic (exact) mass is 420 g/mol. The number of carbonyl (C=O) groups excluding carboxylic acids is 1. The van der Waals surface area contributed by atoms with E-state index in [1.807, 2.05) is 4.90 Å². The van der Waals surface area contributed by atoms with Gasteiger partial charge in [0.1, 0.15) is 4.34 Å². The van der Waals surface area contributed by atoms with E-state index in [2.05, 4.69) is 10.3 Å². The summed E-state index contributed by atoms with van der Waals surface area (Å²) in [6.07, 6.45) is 9.62. The van der Waals surface area contributed by atoms with Gasteiger partial charge in [-0.1, -0.05) is 42.2 Å². The van der Waals surface area contributed by atoms with Gasteiger partial charge in [0.25, 0.3) is 0 Å². The molecule has 1 aromatic rings. The molecule has 1 N–H and O–H groups in total. The molecule has 7 nitrogen and oxygen atoms in total. The molecule has 0 radical (unpaired) electrons. The summed E-state index contributed by atoms with van der Waals surface area (Å²) in [6, 6.07) is -0.177. The van der Waals surface area contributed by atoms with Crippen LogP contribution in [-0.2, 0) is 10.0 Å². The Kier molecular flexibility index (Phi) is 6.42. The average Bonchev–Trinajstić information content (AvgIpc) is 3.00. The summed E-state index contributed by atoms with van der Waals surface area (Å²) in [4.78, 5) is 19.0. The van der Waals surface area contributed by atoms with Gasteiger partial charge in [0.15, 0.2) is 5.13 Å². The molecule has 1 saturated heterocycles. The number of halogens is 1. The molecule has 0 bridgehead atoms. The first kappa shape index (κ1) is 19.9. The summed E-state index contributed by atoms with van der Waals surface area (Å²) in [7, 11) is -3.26. The number of carbonyl (C=O) groups is 1. The third-order valence-corrected chi connectivity index (χ3v) is 7.42. The first-order valence-corrected chi connectivity index (χ1v) is 12.0. The van der Waals surface area contributed by atoms with Crippen LogP contribution in [0.15, 0.2) is 6.20 Å². The van der Waals surface area contributed by atoms with Crippen molar-refractivity contribution < 1.29 is 13.2 Å². The molecule has 1 unspecified atom stereocenters. The number of amides is 2. The van der Waals surface area contributed by atoms with Crippen LogP contribution in [0.25, 0.3) is 0 Å². The molecule has 2 amide bonds. The Morgan fingerprint density at radius 3 is 2.58 bits per heavy atom. The van der Waals surface area contributed by atoms with E-state index in [1.165, 1.54) is 34.5 Å². The van der Waals surface area contributed by atoms with Crippen molar-refractivity contribution in [1.29, 1.82) is 0 Å². The molecule has 1 atom stereocenters. The standard InChI is InChI=1S/C16H25ClN4O3S2/c1-26(23,24)20-9-5-8-13(11-20)21(12-6-3-2-4-7-12)16(22)19-15-18-10-14(17)25-15/h10,12-13H,2-9,11H2,1H3,(H,18,19,22). The Balaban J connectivity index is 1.79. The number of aromatic nitrogens is 1. The van der Waals surface area contributed by atoms with Gasteiger partial charge in [-0.25, -0.2) is 22.5 Å². The molecule has 1 aliphatic carbocycles. The number of nitrogens with one attached hydrogen (secondary N) is 1. The second kappa shape index (κ2) is 8.41. The Hall–Kier alpha value is -0.900. The first-order chi connectivity index (χ1) is 12.3. The molecule has 2 fully saturated rings. The summed E-state index contributed by atoms with van der Waals surface area (Å²) in [5.41, 5.74) is 0. The van der Waals surface area contributed by atoms with Crippen LogP contribution in [0.2, 0.25) is 4.34 Å². The zero-order valence-corrected chi connectivity index (χ0v) is 17.2. The molecule has 1 aromatic heterocycles. The summed E-state index contributed by atoms with van der Waals surface area (Å²) < 4.78 is 26.0. The van der Waals surface area contributed by atoms with Crippen molar-refractivity contribution in [3.05, 3.63) is 10.5 Å². The van der Waals surface area contributed by atoms with Gasteiger partial charge in [-0.15, -0.1) is 0 Å². The fraction of sp³-hybridized carbons (Fsp3) is 0.750. The van der Waals surface area contributed by atoms with E-state index in [1.54, 1.807) is 0 Å². The van der Waals surface area contributed by atoms with Crippen LogP contribution in [0.5, 0.6) is 0 Å². The molecule has 1 saturated carbocycles. The van der Waals surface area contributed by atoms with Crippen molar-refractivity contribution in [2.24, 2.45) is 0 Å². The van der Waals surface area contributed by atoms with E-state index in [-0.39, 0.29) is 18.1 Å². The number of hydrogen-bond donors (Lipinski definition) is 1. The van der Waals surface area contributed by atoms with Gasteiger partial charge in [0.05, 0.1) is 12.5 Å². The van der Waals surface area contributed by atoms with Gasteiger partial charge >= 0.3 is 6.03 Å². The molecule has 0 aromatic carbocycles. The third-order valence-electron chi connectivity index (χ3n) is 5.12. The molecule has 3 rings (SSSR count). The van der Waals surface area contributed by atoms with E-state index in [9.17, 15) is 13.2 Å². The summed E-state index contributed by atoms with van der Waals surface area (Å²) >= 11 is 7.13. The van der Waals surface area contributed by atoms with Crippen LogP contribution in [0.4, 0.5) is 9.93 Å². The molecule has 26 heavy (non-hydrogen) atoms. The molecular formula is C16H25ClN4O3S2. The lowest BCUT2D eigenvalue weighted by molar-refractivity contribution is 0.103. The highest BCUT2D eigenvalue weighted by atomic mass is 35.5. The van der Waals surface area contributed by atoms with Gasteiger partial charge < -0.3 is 4.90 Å². The zero-order chi connectivity index (χ0) is 18.7. The van der Waals surface area contributed by atoms with Crippen molar-refractivity contribution in [2.45, 2.75) is 57.0 Å². The van der Waals surface area contributed by atoms with E-state index < -0.39 is 10.0 Å². The lowest BCUT2D eigenvalue weighted by atomic mass is 9.92. The molecule has 1 aliphatic heterocycles. The van der Waals surface area contributed by atoms with Crippen molar-refractivity contribution in [3.63, 3.8) is 0 Å². The van der Waals surface area contributed by atoms with Crippen molar-refractivity contribution >= 4 is 44.1 Å². The minimum atomic E-state index is -3.26. The van der Waals surface area contributed by atoms with E-state index in [0.717, 1.165) is 38.5 Å². The van der Waals surface area contributed by atoms with Crippen LogP contribution < -0.4 is 5.32 Å². The second-order valence-electron chi connectivity index (χ2n) is 7.02. The van der Waals surface area contributed by atoms with Crippen LogP contribution in [-0.4, -0.2) is 60.1 Å². The molecular weight excluding hydrogens is 396 g/mol. The molecule has 2 heterocycles. The topological polar surface area (TPSA) is 82.6 Å². The van der Waals surface area contributed by atoms with Gasteiger partial charge in [-0.05, 0) is 25.7 Å². The number of sulfonamides is 1. The Morgan fingerprint density at radius 1 is 1.27 bits per heavy atom. The number of urea groups is 1. The smallest absolute Gasteiger partial charge is 0.317 e. The summed E-state index contributed by atoms with van der Waals surface area (Å²) in [5.74, 6) is 0. The first-order valence-electron chi connectivity index (χ1n) is 9.00. The van der Waals surface area contributed by atoms with Crippen LogP contribution in [0, 0.1) is 0 Å². The zero-order valence-electron chi connectivity index (χ0n) is 14.9. The lowest BCUT2D eigenvalue weighted by Crippen LogP contribution is -2.56. The van der Waals surface area contributed by atoms with Gasteiger partial charge in [-0.3, -0.25) is 5.32 Å². The lowest BCUT2D eigenvalue weighted by Gasteiger charge is -2.43. The number of piperidine rings is 1. The molecule has 146 valence electrons. The van der Waals surface area contributed by atoms with Crippen LogP contribution in [0.1, 0.15) is 44.9 Å². The van der Waals surface area contributed by atoms with Crippen LogP contribution in [0.3, 0.4) is 0 Å². The minimum Gasteiger partial charge on any atom is -0.317 e. The minimum absolute atomic E-state index is 0.114. The van der Waals surface area contributed by atoms with Gasteiger partial charge in [-0.2, -0.15) is 0 Å². The quantitative estimate of drug-likeness (QED) is 0.809. The van der Waals surface area contributed by atoms with E-state index >= 15 is 0 Å². The fourth-order valence-electron chi connectivity index (χ4n) is 3.91. The van der Waals surface area contributed by atoms with Crippen molar-refractivity contribution in [1.82, 2.24) is 14.2 Å². The summed E-state index contributed by atoms with van der Waals surface area (Å²) in [5, 5.41) is 3.32. The number of hydrogen-bond acceptors (Lipinski definition) is 5. The highest BCUT2D eigenvalue weighted by molar-refractivity contribution is 7.88. The second-order valence-corrected chi connectivity index (χ2v) is 10.7. The maximum absolute atomic E-state index is 13.0. The van der Waals surface area contributed by atoms with Crippen molar-refractivity contribution in [3.8, 4) is 0 Å². The van der Waals surface area contributed by atoms with Crippen LogP contribution >= 0.6 is 22.9 Å². The van der Waals surface area contributed by atoms with Gasteiger partial charge in [0, 0.05) is 25.2 Å². The highest BCUT2D eigenvalue weighted by Gasteiger charge is 2.36. The Bertz CT molecular complexity index is 734. The average molecular weight is 421 g/mol. The number of thiazole rings is 1. The molecule has 10 heteroatoms. The maximum atomic E-state index is 13.0. The molecule has 0 spiro atoms. The summed E-state index contributed by atoms with van der Waals surface area (Å²) in [6.45, 7) is 0.888. The maximum Gasteiger partial charge on any atom is 0.324 e. The predicted octanol–water partition coefficient (Wildman–Crippen LogP) is 3.39. The van der Waals surface area contributed by atoms with Crippen molar-refractivity contribution in [2.75, 3.05) is 24.7 Å². The number of anilines is 1. The highest BCUT2D eigenvalue weighted by Crippen LogP contribution is 2.30. The predicted molar refractivity (Wildman–Crippen MR) is 104 cm³/mol. The molecule has 2 aliphatic rings. The third kappa shape index (κ3) is 4.88. The number of nitrogens with zero attached hydrogens (tertiary/aromatic N) is 3. The van der Waals surface area contributed by atoms with E-state index in [0.29, 0.717) is 22.6 Å². The normalized spacial score (nSPS) is 22.9. The Morgan fingerprint density at radius 2 is 1.96 bits per heavy atom. The van der Waals surface area contributed by atoms with E-state index in [4.69, 9.17) is 11.6 Å². The SMILES string of the molecule is CS(=O)(=O)N1CCCC(N(C(=O)Nc2ncc(Cl)s2)C2CCCCC2)C1. The number of rotatable bonds is 4. The largest absolute Gasteiger partial charge is 0.324 e. The van der Waals surface area contributed by atoms with Gasteiger partial charge in [0.2, 0.25) is 10.0 Å². The fourth-order valence-corrected chi connectivity index (χ4v) is 5.61. The Labute approximate surface area is 163 Å².